The van der Waals surface area contributed by atoms with E-state index in [9.17, 15) is 9.59 Å². The number of carbonyl (C=O) groups is 2. The number of hydrazine groups is 1. The smallest absolute Gasteiger partial charge is 0.243 e. The highest BCUT2D eigenvalue weighted by atomic mass is 19.1. The number of hydroxylamine groups is 2. The number of hydrogen-bond acceptors (Lipinski definition) is 8. The Labute approximate surface area is 229 Å². The molecule has 0 unspecified atom stereocenters. The van der Waals surface area contributed by atoms with Crippen LogP contribution in [-0.2, 0) is 21.0 Å². The molecule has 1 aliphatic heterocycles. The number of halogens is 1. The Morgan fingerprint density at radius 3 is 2.67 bits per heavy atom. The summed E-state index contributed by atoms with van der Waals surface area (Å²) in [4.78, 5) is 43.5. The molecule has 1 aromatic carbocycles. The zero-order valence-electron chi connectivity index (χ0n) is 23.1. The van der Waals surface area contributed by atoms with Gasteiger partial charge in [-0.25, -0.2) is 15.0 Å². The average Bonchev–Trinajstić information content (AvgIpc) is 3.46. The number of nitrogens with zero attached hydrogens (tertiary/aromatic N) is 5. The number of anilines is 2. The number of hydrogen-bond donors (Lipinski definition) is 2. The third kappa shape index (κ3) is 7.86. The lowest BCUT2D eigenvalue weighted by Crippen LogP contribution is -2.50. The van der Waals surface area contributed by atoms with Crippen molar-refractivity contribution in [3.63, 3.8) is 0 Å². The van der Waals surface area contributed by atoms with Gasteiger partial charge in [0.1, 0.15) is 12.4 Å². The van der Waals surface area contributed by atoms with Gasteiger partial charge < -0.3 is 9.80 Å². The maximum absolute atomic E-state index is 15.5. The van der Waals surface area contributed by atoms with Gasteiger partial charge in [-0.05, 0) is 38.8 Å². The fourth-order valence-electron chi connectivity index (χ4n) is 5.29. The molecule has 10 nitrogen and oxygen atoms in total. The van der Waals surface area contributed by atoms with Crippen LogP contribution in [0.5, 0.6) is 0 Å². The molecule has 0 bridgehead atoms. The second-order valence-corrected chi connectivity index (χ2v) is 10.7. The molecule has 11 heteroatoms. The maximum Gasteiger partial charge on any atom is 0.243 e. The summed E-state index contributed by atoms with van der Waals surface area (Å²) in [5, 5.41) is 1.17. The number of aryl methyl sites for hydroxylation is 1. The van der Waals surface area contributed by atoms with Gasteiger partial charge in [-0.1, -0.05) is 56.0 Å². The minimum absolute atomic E-state index is 0.0791. The number of piperazine rings is 1. The van der Waals surface area contributed by atoms with Gasteiger partial charge in [0.05, 0.1) is 12.5 Å². The Morgan fingerprint density at radius 2 is 1.97 bits per heavy atom. The summed E-state index contributed by atoms with van der Waals surface area (Å²) in [5.41, 5.74) is 6.26. The summed E-state index contributed by atoms with van der Waals surface area (Å²) >= 11 is 0. The first kappa shape index (κ1) is 28.7. The standard InChI is InChI=1S/C28H40FN7O3/c1-20-16-35(14-13-34(20)3)27-25(29)26(30-21(2)31-27)32-33-28(38)24(15-22-9-7-8-10-22)17-36(19-37)39-18-23-11-5-4-6-12-23/h4-6,11-12,19-20,22,24H,7-10,13-18H2,1-3H3,(H,33,38)(H,30,31,32)/t20-,24+/m0/s1. The molecule has 0 spiro atoms. The highest BCUT2D eigenvalue weighted by molar-refractivity contribution is 5.80. The molecule has 2 aliphatic rings. The van der Waals surface area contributed by atoms with Crippen molar-refractivity contribution in [2.45, 2.75) is 58.6 Å². The van der Waals surface area contributed by atoms with Crippen LogP contribution in [0.2, 0.25) is 0 Å². The van der Waals surface area contributed by atoms with E-state index >= 15 is 4.39 Å². The first-order valence-corrected chi connectivity index (χ1v) is 13.8. The maximum atomic E-state index is 15.5. The Morgan fingerprint density at radius 1 is 1.23 bits per heavy atom. The Balaban J connectivity index is 1.42. The number of likely N-dealkylation sites (N-methyl/N-ethyl adjacent to an activating group) is 1. The van der Waals surface area contributed by atoms with Crippen molar-refractivity contribution in [3.8, 4) is 0 Å². The summed E-state index contributed by atoms with van der Waals surface area (Å²) in [7, 11) is 2.05. The normalized spacial score (nSPS) is 19.1. The van der Waals surface area contributed by atoms with Crippen LogP contribution < -0.4 is 15.8 Å². The molecule has 4 rings (SSSR count). The van der Waals surface area contributed by atoms with Crippen molar-refractivity contribution in [1.29, 1.82) is 0 Å². The number of benzene rings is 1. The number of aromatic nitrogens is 2. The number of amides is 2. The van der Waals surface area contributed by atoms with Crippen LogP contribution in [0, 0.1) is 24.6 Å². The lowest BCUT2D eigenvalue weighted by atomic mass is 9.92. The van der Waals surface area contributed by atoms with E-state index in [2.05, 4.69) is 32.6 Å². The Hall–Kier alpha value is -3.31. The lowest BCUT2D eigenvalue weighted by molar-refractivity contribution is -0.182. The average molecular weight is 542 g/mol. The van der Waals surface area contributed by atoms with Crippen LogP contribution in [0.15, 0.2) is 30.3 Å². The van der Waals surface area contributed by atoms with Crippen LogP contribution in [0.1, 0.15) is 50.4 Å². The summed E-state index contributed by atoms with van der Waals surface area (Å²) in [6.45, 7) is 6.19. The molecule has 2 fully saturated rings. The van der Waals surface area contributed by atoms with Gasteiger partial charge >= 0.3 is 0 Å². The van der Waals surface area contributed by atoms with Gasteiger partial charge in [0.2, 0.25) is 18.1 Å². The summed E-state index contributed by atoms with van der Waals surface area (Å²) in [5.74, 6) is -0.544. The number of nitrogens with one attached hydrogen (secondary N) is 2. The van der Waals surface area contributed by atoms with Gasteiger partial charge in [-0.2, -0.15) is 4.39 Å². The van der Waals surface area contributed by atoms with Crippen LogP contribution >= 0.6 is 0 Å². The minimum Gasteiger partial charge on any atom is -0.351 e. The van der Waals surface area contributed by atoms with Crippen LogP contribution in [-0.4, -0.2) is 71.5 Å². The summed E-state index contributed by atoms with van der Waals surface area (Å²) in [6.07, 6.45) is 5.59. The zero-order chi connectivity index (χ0) is 27.8. The summed E-state index contributed by atoms with van der Waals surface area (Å²) in [6, 6.07) is 9.78. The quantitative estimate of drug-likeness (QED) is 0.312. The van der Waals surface area contributed by atoms with Crippen LogP contribution in [0.25, 0.3) is 0 Å². The molecule has 1 aliphatic carbocycles. The van der Waals surface area contributed by atoms with Crippen LogP contribution in [0.3, 0.4) is 0 Å². The van der Waals surface area contributed by atoms with E-state index in [-0.39, 0.29) is 36.7 Å². The van der Waals surface area contributed by atoms with E-state index in [4.69, 9.17) is 4.84 Å². The van der Waals surface area contributed by atoms with E-state index in [0.717, 1.165) is 37.8 Å². The first-order valence-electron chi connectivity index (χ1n) is 13.8. The molecule has 39 heavy (non-hydrogen) atoms. The van der Waals surface area contributed by atoms with Crippen molar-refractivity contribution >= 4 is 24.0 Å². The van der Waals surface area contributed by atoms with Gasteiger partial charge in [-0.15, -0.1) is 0 Å². The van der Waals surface area contributed by atoms with Gasteiger partial charge in [0.25, 0.3) is 0 Å². The molecule has 1 aromatic heterocycles. The molecule has 2 heterocycles. The largest absolute Gasteiger partial charge is 0.351 e. The first-order chi connectivity index (χ1) is 18.8. The predicted octanol–water partition coefficient (Wildman–Crippen LogP) is 3.29. The molecular formula is C28H40FN7O3. The third-order valence-corrected chi connectivity index (χ3v) is 7.73. The number of rotatable bonds is 12. The molecule has 0 radical (unpaired) electrons. The number of carbonyl (C=O) groups excluding carboxylic acids is 2. The molecule has 1 saturated carbocycles. The van der Waals surface area contributed by atoms with Crippen molar-refractivity contribution in [2.75, 3.05) is 43.6 Å². The Bertz CT molecular complexity index is 1100. The second kappa shape index (κ2) is 13.7. The fraction of sp³-hybridized carbons (Fsp3) is 0.571. The predicted molar refractivity (Wildman–Crippen MR) is 147 cm³/mol. The molecule has 2 aromatic rings. The van der Waals surface area contributed by atoms with Crippen molar-refractivity contribution in [3.05, 3.63) is 47.5 Å². The van der Waals surface area contributed by atoms with E-state index in [1.165, 1.54) is 5.06 Å². The lowest BCUT2D eigenvalue weighted by Gasteiger charge is -2.38. The van der Waals surface area contributed by atoms with Crippen LogP contribution in [0.4, 0.5) is 16.0 Å². The molecule has 2 N–H and O–H groups in total. The minimum atomic E-state index is -0.606. The van der Waals surface area contributed by atoms with Gasteiger partial charge in [0.15, 0.2) is 11.6 Å². The van der Waals surface area contributed by atoms with E-state index in [1.807, 2.05) is 42.3 Å². The van der Waals surface area contributed by atoms with E-state index in [1.54, 1.807) is 6.92 Å². The highest BCUT2D eigenvalue weighted by Gasteiger charge is 2.29. The molecule has 212 valence electrons. The van der Waals surface area contributed by atoms with E-state index < -0.39 is 11.7 Å². The van der Waals surface area contributed by atoms with Crippen molar-refractivity contribution in [2.24, 2.45) is 11.8 Å². The molecule has 1 saturated heterocycles. The second-order valence-electron chi connectivity index (χ2n) is 10.7. The molecule has 2 amide bonds. The Kier molecular flexibility index (Phi) is 10.0. The topological polar surface area (TPSA) is 103 Å². The summed E-state index contributed by atoms with van der Waals surface area (Å²) < 4.78 is 15.5. The molecule has 2 atom stereocenters. The highest BCUT2D eigenvalue weighted by Crippen LogP contribution is 2.31. The van der Waals surface area contributed by atoms with Crippen molar-refractivity contribution < 1.29 is 18.8 Å². The SMILES string of the molecule is Cc1nc(NNC(=O)[C@H](CC2CCCC2)CN(C=O)OCc2ccccc2)c(F)c(N2CCN(C)[C@@H](C)C2)n1. The molecular weight excluding hydrogens is 501 g/mol. The van der Waals surface area contributed by atoms with Gasteiger partial charge in [0, 0.05) is 25.7 Å². The third-order valence-electron chi connectivity index (χ3n) is 7.73. The monoisotopic (exact) mass is 541 g/mol. The van der Waals surface area contributed by atoms with Gasteiger partial charge in [-0.3, -0.25) is 25.3 Å². The van der Waals surface area contributed by atoms with E-state index in [0.29, 0.717) is 37.7 Å². The fourth-order valence-corrected chi connectivity index (χ4v) is 5.29. The zero-order valence-corrected chi connectivity index (χ0v) is 23.1. The van der Waals surface area contributed by atoms with Crippen molar-refractivity contribution in [1.82, 2.24) is 25.4 Å².